The maximum absolute atomic E-state index is 11.2. The van der Waals surface area contributed by atoms with E-state index in [1.54, 1.807) is 24.2 Å². The Morgan fingerprint density at radius 2 is 1.91 bits per heavy atom. The molecule has 0 amide bonds. The molecule has 6 nitrogen and oxygen atoms in total. The van der Waals surface area contributed by atoms with E-state index in [0.717, 1.165) is 56.4 Å². The van der Waals surface area contributed by atoms with Gasteiger partial charge in [-0.3, -0.25) is 9.78 Å². The number of carbonyl (C=O) groups is 1. The van der Waals surface area contributed by atoms with Crippen LogP contribution in [0.15, 0.2) is 70.7 Å². The summed E-state index contributed by atoms with van der Waals surface area (Å²) in [6.07, 6.45) is 9.79. The molecule has 2 aromatic heterocycles. The normalized spacial score (nSPS) is 14.3. The van der Waals surface area contributed by atoms with Crippen molar-refractivity contribution in [2.24, 2.45) is 0 Å². The van der Waals surface area contributed by atoms with Crippen molar-refractivity contribution in [2.45, 2.75) is 61.5 Å². The SMILES string of the molecule is CC(=O)OCc1cccc(-c2nc3cc(Sc4ccncc4)c(OC4CCCCC4)cc3[nH]2)c1. The molecule has 1 fully saturated rings. The van der Waals surface area contributed by atoms with Gasteiger partial charge in [-0.2, -0.15) is 0 Å². The van der Waals surface area contributed by atoms with Crippen LogP contribution in [0.5, 0.6) is 5.75 Å². The van der Waals surface area contributed by atoms with E-state index in [1.807, 2.05) is 36.4 Å². The van der Waals surface area contributed by atoms with Gasteiger partial charge in [-0.1, -0.05) is 36.4 Å². The molecule has 0 saturated heterocycles. The summed E-state index contributed by atoms with van der Waals surface area (Å²) in [7, 11) is 0. The Morgan fingerprint density at radius 1 is 1.09 bits per heavy atom. The third-order valence-electron chi connectivity index (χ3n) is 5.91. The summed E-state index contributed by atoms with van der Waals surface area (Å²) in [5, 5.41) is 0. The van der Waals surface area contributed by atoms with Gasteiger partial charge in [0.2, 0.25) is 0 Å². The number of nitrogens with zero attached hydrogens (tertiary/aromatic N) is 2. The lowest BCUT2D eigenvalue weighted by Crippen LogP contribution is -2.19. The Morgan fingerprint density at radius 3 is 2.71 bits per heavy atom. The van der Waals surface area contributed by atoms with Crippen molar-refractivity contribution in [2.75, 3.05) is 0 Å². The molecule has 0 unspecified atom stereocenters. The van der Waals surface area contributed by atoms with Crippen LogP contribution in [0.3, 0.4) is 0 Å². The van der Waals surface area contributed by atoms with Crippen molar-refractivity contribution in [3.05, 3.63) is 66.5 Å². The largest absolute Gasteiger partial charge is 0.489 e. The molecule has 0 radical (unpaired) electrons. The van der Waals surface area contributed by atoms with Crippen LogP contribution in [-0.4, -0.2) is 27.0 Å². The van der Waals surface area contributed by atoms with Crippen LogP contribution < -0.4 is 4.74 Å². The van der Waals surface area contributed by atoms with Gasteiger partial charge in [0.25, 0.3) is 0 Å². The second-order valence-corrected chi connectivity index (χ2v) is 9.66. The molecule has 2 heterocycles. The minimum Gasteiger partial charge on any atom is -0.489 e. The van der Waals surface area contributed by atoms with Crippen LogP contribution in [0.4, 0.5) is 0 Å². The van der Waals surface area contributed by atoms with Crippen LogP contribution in [0.2, 0.25) is 0 Å². The molecule has 1 aliphatic rings. The maximum Gasteiger partial charge on any atom is 0.302 e. The summed E-state index contributed by atoms with van der Waals surface area (Å²) in [5.41, 5.74) is 3.68. The first-order valence-electron chi connectivity index (χ1n) is 11.6. The lowest BCUT2D eigenvalue weighted by molar-refractivity contribution is -0.142. The lowest BCUT2D eigenvalue weighted by Gasteiger charge is -2.24. The van der Waals surface area contributed by atoms with Crippen molar-refractivity contribution < 1.29 is 14.3 Å². The number of fused-ring (bicyclic) bond motifs is 1. The molecule has 1 aliphatic carbocycles. The molecule has 34 heavy (non-hydrogen) atoms. The fourth-order valence-electron chi connectivity index (χ4n) is 4.22. The van der Waals surface area contributed by atoms with Gasteiger partial charge in [0.1, 0.15) is 18.2 Å². The predicted molar refractivity (Wildman–Crippen MR) is 133 cm³/mol. The molecule has 0 aliphatic heterocycles. The number of benzene rings is 2. The molecular weight excluding hydrogens is 446 g/mol. The molecule has 0 atom stereocenters. The summed E-state index contributed by atoms with van der Waals surface area (Å²) in [5.74, 6) is 1.37. The van der Waals surface area contributed by atoms with Gasteiger partial charge < -0.3 is 14.5 Å². The molecule has 174 valence electrons. The highest BCUT2D eigenvalue weighted by Crippen LogP contribution is 2.39. The van der Waals surface area contributed by atoms with Gasteiger partial charge >= 0.3 is 5.97 Å². The number of nitrogens with one attached hydrogen (secondary N) is 1. The number of carbonyl (C=O) groups excluding carboxylic acids is 1. The van der Waals surface area contributed by atoms with Crippen molar-refractivity contribution in [1.82, 2.24) is 15.0 Å². The number of rotatable bonds is 7. The van der Waals surface area contributed by atoms with Gasteiger partial charge in [0.15, 0.2) is 0 Å². The van der Waals surface area contributed by atoms with Crippen LogP contribution in [0.1, 0.15) is 44.6 Å². The average Bonchev–Trinajstić information content (AvgIpc) is 3.27. The van der Waals surface area contributed by atoms with E-state index in [1.165, 1.54) is 26.2 Å². The third-order valence-corrected chi connectivity index (χ3v) is 6.96. The van der Waals surface area contributed by atoms with Crippen LogP contribution in [0.25, 0.3) is 22.4 Å². The second-order valence-electron chi connectivity index (χ2n) is 8.54. The van der Waals surface area contributed by atoms with Crippen LogP contribution in [-0.2, 0) is 16.1 Å². The zero-order valence-electron chi connectivity index (χ0n) is 19.1. The first-order chi connectivity index (χ1) is 16.6. The summed E-state index contributed by atoms with van der Waals surface area (Å²) in [6.45, 7) is 1.66. The Kier molecular flexibility index (Phi) is 6.81. The van der Waals surface area contributed by atoms with E-state index in [-0.39, 0.29) is 18.7 Å². The van der Waals surface area contributed by atoms with Crippen LogP contribution in [0, 0.1) is 0 Å². The molecule has 4 aromatic rings. The molecular formula is C27H27N3O3S. The summed E-state index contributed by atoms with van der Waals surface area (Å²) >= 11 is 1.67. The van der Waals surface area contributed by atoms with Crippen molar-refractivity contribution in [3.63, 3.8) is 0 Å². The van der Waals surface area contributed by atoms with Crippen LogP contribution >= 0.6 is 11.8 Å². The molecule has 0 bridgehead atoms. The lowest BCUT2D eigenvalue weighted by atomic mass is 9.98. The third kappa shape index (κ3) is 5.42. The van der Waals surface area contributed by atoms with E-state index in [0.29, 0.717) is 0 Å². The number of imidazole rings is 1. The number of hydrogen-bond acceptors (Lipinski definition) is 6. The van der Waals surface area contributed by atoms with Crippen molar-refractivity contribution in [3.8, 4) is 17.1 Å². The smallest absolute Gasteiger partial charge is 0.302 e. The second kappa shape index (κ2) is 10.3. The topological polar surface area (TPSA) is 77.1 Å². The number of H-pyrrole nitrogens is 1. The van der Waals surface area contributed by atoms with Gasteiger partial charge in [0.05, 0.1) is 22.0 Å². The number of esters is 1. The fourth-order valence-corrected chi connectivity index (χ4v) is 5.11. The van der Waals surface area contributed by atoms with Crippen molar-refractivity contribution >= 4 is 28.8 Å². The maximum atomic E-state index is 11.2. The van der Waals surface area contributed by atoms with Gasteiger partial charge in [0, 0.05) is 35.8 Å². The van der Waals surface area contributed by atoms with E-state index in [2.05, 4.69) is 22.1 Å². The molecule has 2 aromatic carbocycles. The zero-order chi connectivity index (χ0) is 23.3. The minimum absolute atomic E-state index is 0.246. The Labute approximate surface area is 203 Å². The first-order valence-corrected chi connectivity index (χ1v) is 12.5. The van der Waals surface area contributed by atoms with E-state index in [4.69, 9.17) is 14.5 Å². The molecule has 1 saturated carbocycles. The summed E-state index contributed by atoms with van der Waals surface area (Å²) in [6, 6.07) is 16.1. The highest BCUT2D eigenvalue weighted by atomic mass is 32.2. The standard InChI is InChI=1S/C27H27N3O3S/c1-18(31)32-17-19-6-5-7-20(14-19)27-29-23-15-25(33-21-8-3-2-4-9-21)26(16-24(23)30-27)34-22-10-12-28-13-11-22/h5-7,10-16,21H,2-4,8-9,17H2,1H3,(H,29,30). The first kappa shape index (κ1) is 22.5. The Hall–Kier alpha value is -3.32. The highest BCUT2D eigenvalue weighted by Gasteiger charge is 2.19. The van der Waals surface area contributed by atoms with E-state index < -0.39 is 0 Å². The molecule has 0 spiro atoms. The molecule has 7 heteroatoms. The number of hydrogen-bond donors (Lipinski definition) is 1. The highest BCUT2D eigenvalue weighted by molar-refractivity contribution is 7.99. The minimum atomic E-state index is -0.293. The van der Waals surface area contributed by atoms with E-state index >= 15 is 0 Å². The number of aromatic amines is 1. The number of ether oxygens (including phenoxy) is 2. The van der Waals surface area contributed by atoms with Crippen molar-refractivity contribution in [1.29, 1.82) is 0 Å². The van der Waals surface area contributed by atoms with Gasteiger partial charge in [-0.25, -0.2) is 4.98 Å². The van der Waals surface area contributed by atoms with Gasteiger partial charge in [-0.15, -0.1) is 0 Å². The Bertz CT molecular complexity index is 1280. The predicted octanol–water partition coefficient (Wildman–Crippen LogP) is 6.55. The summed E-state index contributed by atoms with van der Waals surface area (Å²) < 4.78 is 11.7. The fraction of sp³-hybridized carbons (Fsp3) is 0.296. The molecule has 1 N–H and O–H groups in total. The van der Waals surface area contributed by atoms with Gasteiger partial charge in [-0.05, 0) is 55.5 Å². The number of pyridine rings is 1. The quantitative estimate of drug-likeness (QED) is 0.307. The average molecular weight is 474 g/mol. The Balaban J connectivity index is 1.48. The zero-order valence-corrected chi connectivity index (χ0v) is 19.9. The summed E-state index contributed by atoms with van der Waals surface area (Å²) in [4.78, 5) is 25.8. The monoisotopic (exact) mass is 473 g/mol. The molecule has 5 rings (SSSR count). The van der Waals surface area contributed by atoms with E-state index in [9.17, 15) is 4.79 Å². The number of aromatic nitrogens is 3.